The summed E-state index contributed by atoms with van der Waals surface area (Å²) in [5.74, 6) is 0.452. The van der Waals surface area contributed by atoms with E-state index in [4.69, 9.17) is 0 Å². The fourth-order valence-corrected chi connectivity index (χ4v) is 6.85. The van der Waals surface area contributed by atoms with Crippen LogP contribution in [0.4, 0.5) is 0 Å². The van der Waals surface area contributed by atoms with Gasteiger partial charge < -0.3 is 4.90 Å². The van der Waals surface area contributed by atoms with Gasteiger partial charge in [-0.05, 0) is 24.2 Å². The predicted molar refractivity (Wildman–Crippen MR) is 91.8 cm³/mol. The van der Waals surface area contributed by atoms with Crippen molar-refractivity contribution in [3.63, 3.8) is 0 Å². The molecule has 0 radical (unpaired) electrons. The molecule has 0 amide bonds. The van der Waals surface area contributed by atoms with Crippen molar-refractivity contribution in [2.75, 3.05) is 32.9 Å². The zero-order chi connectivity index (χ0) is 17.7. The molecule has 0 saturated heterocycles. The quantitative estimate of drug-likeness (QED) is 0.705. The lowest BCUT2D eigenvalue weighted by Gasteiger charge is -2.36. The molecule has 2 aliphatic carbocycles. The SMILES string of the molecule is C[NH+](C)CC(C)(C)CNS(=O)(=O)C[C@@]12CC[C@@H](CC1=O)C2(C)C. The standard InChI is InChI=1S/C17H32N2O3S/c1-15(2,11-19(5)6)10-18-23(21,22)12-17-8-7-13(9-14(17)20)16(17,3)4/h13,18H,7-12H2,1-6H3/p+1/t13-,17-/m0/s1. The van der Waals surface area contributed by atoms with E-state index in [1.54, 1.807) is 0 Å². The summed E-state index contributed by atoms with van der Waals surface area (Å²) in [6.45, 7) is 9.57. The number of carbonyl (C=O) groups is 1. The van der Waals surface area contributed by atoms with Crippen LogP contribution in [0, 0.1) is 22.2 Å². The molecule has 0 heterocycles. The Morgan fingerprint density at radius 2 is 1.91 bits per heavy atom. The summed E-state index contributed by atoms with van der Waals surface area (Å²) in [5, 5.41) is 0. The molecule has 2 saturated carbocycles. The van der Waals surface area contributed by atoms with E-state index in [2.05, 4.69) is 46.5 Å². The number of quaternary nitrogens is 1. The molecule has 134 valence electrons. The number of Topliss-reactive ketones (excluding diaryl/α,β-unsaturated/α-hetero) is 1. The second-order valence-corrected chi connectivity index (χ2v) is 11.1. The molecule has 2 N–H and O–H groups in total. The van der Waals surface area contributed by atoms with E-state index < -0.39 is 15.4 Å². The molecule has 0 aliphatic heterocycles. The number of ketones is 1. The maximum atomic E-state index is 12.7. The van der Waals surface area contributed by atoms with Crippen LogP contribution >= 0.6 is 0 Å². The first-order chi connectivity index (χ1) is 10.3. The van der Waals surface area contributed by atoms with Crippen LogP contribution in [-0.4, -0.2) is 47.1 Å². The van der Waals surface area contributed by atoms with Crippen LogP contribution in [-0.2, 0) is 14.8 Å². The van der Waals surface area contributed by atoms with Crippen molar-refractivity contribution >= 4 is 15.8 Å². The lowest BCUT2D eigenvalue weighted by atomic mass is 9.70. The number of hydrogen-bond donors (Lipinski definition) is 2. The fourth-order valence-electron chi connectivity index (χ4n) is 4.81. The Morgan fingerprint density at radius 3 is 2.35 bits per heavy atom. The molecule has 0 spiro atoms. The molecule has 0 unspecified atom stereocenters. The molecule has 0 aromatic heterocycles. The van der Waals surface area contributed by atoms with Gasteiger partial charge in [-0.15, -0.1) is 0 Å². The van der Waals surface area contributed by atoms with E-state index in [9.17, 15) is 13.2 Å². The third-order valence-electron chi connectivity index (χ3n) is 6.18. The minimum atomic E-state index is -3.46. The Kier molecular flexibility index (Phi) is 4.77. The van der Waals surface area contributed by atoms with Crippen LogP contribution in [0.3, 0.4) is 0 Å². The summed E-state index contributed by atoms with van der Waals surface area (Å²) in [6, 6.07) is 0. The highest BCUT2D eigenvalue weighted by Gasteiger charge is 2.65. The van der Waals surface area contributed by atoms with Gasteiger partial charge in [-0.3, -0.25) is 4.79 Å². The average Bonchev–Trinajstić information content (AvgIpc) is 2.69. The van der Waals surface area contributed by atoms with Gasteiger partial charge in [0.05, 0.1) is 26.4 Å². The van der Waals surface area contributed by atoms with Crippen molar-refractivity contribution in [3.05, 3.63) is 0 Å². The Hall–Kier alpha value is -0.460. The lowest BCUT2D eigenvalue weighted by molar-refractivity contribution is -0.865. The van der Waals surface area contributed by atoms with Crippen molar-refractivity contribution in [3.8, 4) is 0 Å². The summed E-state index contributed by atoms with van der Waals surface area (Å²) in [6.07, 6.45) is 2.25. The number of sulfonamides is 1. The second kappa shape index (κ2) is 5.81. The number of hydrogen-bond acceptors (Lipinski definition) is 3. The maximum absolute atomic E-state index is 12.7. The normalized spacial score (nSPS) is 30.4. The topological polar surface area (TPSA) is 67.7 Å². The van der Waals surface area contributed by atoms with Crippen LogP contribution in [0.5, 0.6) is 0 Å². The van der Waals surface area contributed by atoms with Crippen molar-refractivity contribution < 1.29 is 18.1 Å². The largest absolute Gasteiger partial charge is 0.339 e. The average molecular weight is 346 g/mol. The van der Waals surface area contributed by atoms with Crippen LogP contribution in [0.15, 0.2) is 0 Å². The van der Waals surface area contributed by atoms with Gasteiger partial charge in [-0.1, -0.05) is 27.7 Å². The summed E-state index contributed by atoms with van der Waals surface area (Å²) in [4.78, 5) is 13.8. The molecule has 2 aliphatic rings. The zero-order valence-corrected chi connectivity index (χ0v) is 16.3. The Morgan fingerprint density at radius 1 is 1.30 bits per heavy atom. The molecule has 0 aromatic rings. The highest BCUT2D eigenvalue weighted by atomic mass is 32.2. The van der Waals surface area contributed by atoms with Gasteiger partial charge in [-0.2, -0.15) is 0 Å². The third kappa shape index (κ3) is 3.49. The second-order valence-electron chi connectivity index (χ2n) is 9.29. The molecule has 2 atom stereocenters. The molecular weight excluding hydrogens is 312 g/mol. The van der Waals surface area contributed by atoms with E-state index in [0.717, 1.165) is 19.4 Å². The van der Waals surface area contributed by atoms with E-state index in [-0.39, 0.29) is 22.4 Å². The highest BCUT2D eigenvalue weighted by molar-refractivity contribution is 7.89. The summed E-state index contributed by atoms with van der Waals surface area (Å²) in [7, 11) is 0.664. The van der Waals surface area contributed by atoms with Gasteiger partial charge in [0.2, 0.25) is 10.0 Å². The molecule has 23 heavy (non-hydrogen) atoms. The van der Waals surface area contributed by atoms with E-state index >= 15 is 0 Å². The monoisotopic (exact) mass is 345 g/mol. The van der Waals surface area contributed by atoms with Crippen molar-refractivity contribution in [1.82, 2.24) is 4.72 Å². The van der Waals surface area contributed by atoms with Gasteiger partial charge >= 0.3 is 0 Å². The van der Waals surface area contributed by atoms with Gasteiger partial charge in [0.25, 0.3) is 0 Å². The highest BCUT2D eigenvalue weighted by Crippen LogP contribution is 2.64. The molecule has 2 rings (SSSR count). The minimum absolute atomic E-state index is 0.0484. The van der Waals surface area contributed by atoms with Gasteiger partial charge in [-0.25, -0.2) is 13.1 Å². The molecule has 6 heteroatoms. The Balaban J connectivity index is 2.08. The third-order valence-corrected chi connectivity index (χ3v) is 7.64. The van der Waals surface area contributed by atoms with Crippen LogP contribution in [0.1, 0.15) is 47.0 Å². The molecule has 0 aromatic carbocycles. The van der Waals surface area contributed by atoms with Crippen LogP contribution in [0.2, 0.25) is 0 Å². The van der Waals surface area contributed by atoms with E-state index in [1.165, 1.54) is 4.90 Å². The molecular formula is C17H33N2O3S+. The summed E-state index contributed by atoms with van der Waals surface area (Å²) >= 11 is 0. The van der Waals surface area contributed by atoms with Gasteiger partial charge in [0.1, 0.15) is 5.78 Å². The smallest absolute Gasteiger partial charge is 0.212 e. The maximum Gasteiger partial charge on any atom is 0.212 e. The summed E-state index contributed by atoms with van der Waals surface area (Å²) < 4.78 is 28.1. The van der Waals surface area contributed by atoms with Crippen molar-refractivity contribution in [2.24, 2.45) is 22.2 Å². The molecule has 2 bridgehead atoms. The number of carbonyl (C=O) groups excluding carboxylic acids is 1. The first kappa shape index (κ1) is 18.9. The zero-order valence-electron chi connectivity index (χ0n) is 15.5. The lowest BCUT2D eigenvalue weighted by Crippen LogP contribution is -3.07. The van der Waals surface area contributed by atoms with E-state index in [0.29, 0.717) is 18.9 Å². The first-order valence-electron chi connectivity index (χ1n) is 8.61. The molecule has 5 nitrogen and oxygen atoms in total. The van der Waals surface area contributed by atoms with Crippen molar-refractivity contribution in [2.45, 2.75) is 47.0 Å². The minimum Gasteiger partial charge on any atom is -0.339 e. The first-order valence-corrected chi connectivity index (χ1v) is 10.3. The van der Waals surface area contributed by atoms with Crippen LogP contribution in [0.25, 0.3) is 0 Å². The fraction of sp³-hybridized carbons (Fsp3) is 0.941. The number of rotatable bonds is 7. The Bertz CT molecular complexity index is 581. The number of fused-ring (bicyclic) bond motifs is 2. The van der Waals surface area contributed by atoms with Gasteiger partial charge in [0, 0.05) is 23.8 Å². The summed E-state index contributed by atoms with van der Waals surface area (Å²) in [5.41, 5.74) is -1.00. The molecule has 2 fully saturated rings. The van der Waals surface area contributed by atoms with E-state index in [1.807, 2.05) is 0 Å². The van der Waals surface area contributed by atoms with Crippen LogP contribution < -0.4 is 9.62 Å². The number of nitrogens with one attached hydrogen (secondary N) is 2. The van der Waals surface area contributed by atoms with Gasteiger partial charge in [0.15, 0.2) is 0 Å². The van der Waals surface area contributed by atoms with Crippen molar-refractivity contribution in [1.29, 1.82) is 0 Å². The Labute approximate surface area is 141 Å². The predicted octanol–water partition coefficient (Wildman–Crippen LogP) is 0.472.